The molecule has 0 spiro atoms. The van der Waals surface area contributed by atoms with Gasteiger partial charge in [0.2, 0.25) is 5.91 Å². The molecule has 0 fully saturated rings. The lowest BCUT2D eigenvalue weighted by molar-refractivity contribution is -0.116. The summed E-state index contributed by atoms with van der Waals surface area (Å²) < 4.78 is 27.6. The van der Waals surface area contributed by atoms with Crippen molar-refractivity contribution >= 4 is 22.6 Å². The van der Waals surface area contributed by atoms with Gasteiger partial charge in [0.05, 0.1) is 0 Å². The number of rotatable bonds is 4. The number of fused-ring (bicyclic) bond motifs is 1. The number of hydrogen-bond donors (Lipinski definition) is 1. The van der Waals surface area contributed by atoms with Crippen LogP contribution < -0.4 is 10.9 Å². The smallest absolute Gasteiger partial charge is 0.264 e. The summed E-state index contributed by atoms with van der Waals surface area (Å²) in [6.07, 6.45) is 2.56. The Bertz CT molecular complexity index is 1300. The highest BCUT2D eigenvalue weighted by atomic mass is 19.1. The third-order valence-electron chi connectivity index (χ3n) is 4.35. The highest BCUT2D eigenvalue weighted by Crippen LogP contribution is 2.17. The average Bonchev–Trinajstić information content (AvgIpc) is 2.69. The first kappa shape index (κ1) is 19.3. The highest BCUT2D eigenvalue weighted by Gasteiger charge is 2.12. The molecule has 0 saturated carbocycles. The van der Waals surface area contributed by atoms with E-state index in [4.69, 9.17) is 0 Å². The van der Waals surface area contributed by atoms with Gasteiger partial charge in [-0.15, -0.1) is 0 Å². The Morgan fingerprint density at radius 3 is 2.47 bits per heavy atom. The lowest BCUT2D eigenvalue weighted by atomic mass is 10.1. The van der Waals surface area contributed by atoms with Crippen molar-refractivity contribution in [3.8, 4) is 11.4 Å². The second-order valence-corrected chi connectivity index (χ2v) is 6.68. The zero-order valence-electron chi connectivity index (χ0n) is 15.8. The number of nitrogens with zero attached hydrogens (tertiary/aromatic N) is 4. The van der Waals surface area contributed by atoms with E-state index in [9.17, 15) is 18.4 Å². The summed E-state index contributed by atoms with van der Waals surface area (Å²) >= 11 is 0. The molecule has 0 aliphatic carbocycles. The van der Waals surface area contributed by atoms with Gasteiger partial charge in [-0.25, -0.2) is 23.7 Å². The second-order valence-electron chi connectivity index (χ2n) is 6.68. The average molecular weight is 407 g/mol. The molecule has 7 nitrogen and oxygen atoms in total. The molecule has 2 aromatic carbocycles. The van der Waals surface area contributed by atoms with Gasteiger partial charge in [-0.2, -0.15) is 0 Å². The Hall–Kier alpha value is -4.01. The summed E-state index contributed by atoms with van der Waals surface area (Å²) in [6, 6.07) is 10.2. The van der Waals surface area contributed by atoms with E-state index in [-0.39, 0.29) is 23.3 Å². The largest absolute Gasteiger partial charge is 0.324 e. The molecule has 0 saturated heterocycles. The zero-order valence-corrected chi connectivity index (χ0v) is 15.8. The van der Waals surface area contributed by atoms with Crippen LogP contribution in [0.3, 0.4) is 0 Å². The third kappa shape index (κ3) is 4.04. The van der Waals surface area contributed by atoms with Crippen LogP contribution in [0.2, 0.25) is 0 Å². The van der Waals surface area contributed by atoms with E-state index in [2.05, 4.69) is 20.3 Å². The van der Waals surface area contributed by atoms with Crippen molar-refractivity contribution in [3.05, 3.63) is 82.5 Å². The molecule has 0 aliphatic rings. The van der Waals surface area contributed by atoms with Crippen molar-refractivity contribution < 1.29 is 13.6 Å². The summed E-state index contributed by atoms with van der Waals surface area (Å²) in [5.41, 5.74) is 1.53. The SMILES string of the molecule is Cc1ccc(-c2ncc3c(=O)n(CC(=O)Nc4cc(F)cc(F)c4)cnc3n2)cc1. The van der Waals surface area contributed by atoms with Crippen LogP contribution in [0.4, 0.5) is 14.5 Å². The highest BCUT2D eigenvalue weighted by molar-refractivity contribution is 5.90. The fraction of sp³-hybridized carbons (Fsp3) is 0.0952. The number of aromatic nitrogens is 4. The number of hydrogen-bond acceptors (Lipinski definition) is 5. The molecule has 2 aromatic heterocycles. The molecule has 2 heterocycles. The van der Waals surface area contributed by atoms with Gasteiger partial charge in [0.1, 0.15) is 29.9 Å². The normalized spacial score (nSPS) is 10.9. The molecule has 0 unspecified atom stereocenters. The quantitative estimate of drug-likeness (QED) is 0.562. The van der Waals surface area contributed by atoms with Crippen LogP contribution in [0, 0.1) is 18.6 Å². The number of anilines is 1. The lowest BCUT2D eigenvalue weighted by Crippen LogP contribution is -2.28. The molecule has 4 aromatic rings. The van der Waals surface area contributed by atoms with Gasteiger partial charge in [0.25, 0.3) is 5.56 Å². The minimum absolute atomic E-state index is 0.0506. The maximum atomic E-state index is 13.2. The Morgan fingerprint density at radius 1 is 1.07 bits per heavy atom. The molecular formula is C21H15F2N5O2. The molecule has 4 rings (SSSR count). The Balaban J connectivity index is 1.58. The van der Waals surface area contributed by atoms with E-state index in [0.717, 1.165) is 27.8 Å². The third-order valence-corrected chi connectivity index (χ3v) is 4.35. The summed E-state index contributed by atoms with van der Waals surface area (Å²) in [5, 5.41) is 2.50. The molecule has 9 heteroatoms. The number of carbonyl (C=O) groups is 1. The molecule has 0 radical (unpaired) electrons. The number of benzene rings is 2. The maximum Gasteiger partial charge on any atom is 0.264 e. The monoisotopic (exact) mass is 407 g/mol. The summed E-state index contributed by atoms with van der Waals surface area (Å²) in [6.45, 7) is 1.58. The summed E-state index contributed by atoms with van der Waals surface area (Å²) in [4.78, 5) is 37.5. The van der Waals surface area contributed by atoms with E-state index in [0.29, 0.717) is 11.9 Å². The first-order chi connectivity index (χ1) is 14.4. The minimum Gasteiger partial charge on any atom is -0.324 e. The van der Waals surface area contributed by atoms with E-state index in [1.165, 1.54) is 12.5 Å². The summed E-state index contributed by atoms with van der Waals surface area (Å²) in [5.74, 6) is -1.86. The van der Waals surface area contributed by atoms with Gasteiger partial charge in [-0.05, 0) is 19.1 Å². The van der Waals surface area contributed by atoms with Crippen molar-refractivity contribution in [2.45, 2.75) is 13.5 Å². The zero-order chi connectivity index (χ0) is 21.3. The molecule has 0 atom stereocenters. The van der Waals surface area contributed by atoms with E-state index < -0.39 is 23.1 Å². The number of carbonyl (C=O) groups excluding carboxylic acids is 1. The molecule has 150 valence electrons. The standard InChI is InChI=1S/C21H15F2N5O2/c1-12-2-4-13(5-3-12)19-24-9-17-20(27-19)25-11-28(21(17)30)10-18(29)26-16-7-14(22)6-15(23)8-16/h2-9,11H,10H2,1H3,(H,26,29). The summed E-state index contributed by atoms with van der Waals surface area (Å²) in [7, 11) is 0. The topological polar surface area (TPSA) is 89.8 Å². The van der Waals surface area contributed by atoms with Gasteiger partial charge in [0.15, 0.2) is 11.5 Å². The van der Waals surface area contributed by atoms with Crippen LogP contribution in [0.1, 0.15) is 5.56 Å². The molecule has 30 heavy (non-hydrogen) atoms. The number of amides is 1. The molecule has 1 N–H and O–H groups in total. The van der Waals surface area contributed by atoms with Crippen LogP contribution in [0.5, 0.6) is 0 Å². The molecule has 1 amide bonds. The fourth-order valence-electron chi connectivity index (χ4n) is 2.89. The van der Waals surface area contributed by atoms with Crippen molar-refractivity contribution in [2.24, 2.45) is 0 Å². The van der Waals surface area contributed by atoms with Crippen molar-refractivity contribution in [3.63, 3.8) is 0 Å². The van der Waals surface area contributed by atoms with Gasteiger partial charge >= 0.3 is 0 Å². The van der Waals surface area contributed by atoms with Gasteiger partial charge in [-0.3, -0.25) is 14.2 Å². The molecular weight excluding hydrogens is 392 g/mol. The fourth-order valence-corrected chi connectivity index (χ4v) is 2.89. The predicted molar refractivity (Wildman–Crippen MR) is 107 cm³/mol. The number of aryl methyl sites for hydroxylation is 1. The van der Waals surface area contributed by atoms with E-state index in [1.54, 1.807) is 0 Å². The van der Waals surface area contributed by atoms with Crippen LogP contribution in [0.25, 0.3) is 22.4 Å². The van der Waals surface area contributed by atoms with Gasteiger partial charge in [-0.1, -0.05) is 29.8 Å². The van der Waals surface area contributed by atoms with Crippen molar-refractivity contribution in [1.82, 2.24) is 19.5 Å². The first-order valence-electron chi connectivity index (χ1n) is 8.94. The van der Waals surface area contributed by atoms with Crippen LogP contribution >= 0.6 is 0 Å². The molecule has 0 aliphatic heterocycles. The van der Waals surface area contributed by atoms with Crippen molar-refractivity contribution in [2.75, 3.05) is 5.32 Å². The second kappa shape index (κ2) is 7.78. The number of halogens is 2. The van der Waals surface area contributed by atoms with Crippen LogP contribution in [0.15, 0.2) is 59.8 Å². The maximum absolute atomic E-state index is 13.2. The van der Waals surface area contributed by atoms with Crippen molar-refractivity contribution in [1.29, 1.82) is 0 Å². The Labute approximate surface area is 169 Å². The van der Waals surface area contributed by atoms with Gasteiger partial charge in [0, 0.05) is 23.5 Å². The molecule has 0 bridgehead atoms. The number of nitrogens with one attached hydrogen (secondary N) is 1. The van der Waals surface area contributed by atoms with Crippen LogP contribution in [-0.4, -0.2) is 25.4 Å². The van der Waals surface area contributed by atoms with E-state index in [1.807, 2.05) is 31.2 Å². The van der Waals surface area contributed by atoms with Gasteiger partial charge < -0.3 is 5.32 Å². The Kier molecular flexibility index (Phi) is 5.01. The predicted octanol–water partition coefficient (Wildman–Crippen LogP) is 3.08. The van der Waals surface area contributed by atoms with E-state index >= 15 is 0 Å². The van der Waals surface area contributed by atoms with Crippen LogP contribution in [-0.2, 0) is 11.3 Å². The lowest BCUT2D eigenvalue weighted by Gasteiger charge is -2.08. The minimum atomic E-state index is -0.823. The first-order valence-corrected chi connectivity index (χ1v) is 8.94. The Morgan fingerprint density at radius 2 is 1.77 bits per heavy atom.